The zero-order valence-corrected chi connectivity index (χ0v) is 36.0. The number of ether oxygens (including phenoxy) is 3. The van der Waals surface area contributed by atoms with Crippen molar-refractivity contribution in [3.8, 4) is 0 Å². The first-order chi connectivity index (χ1) is 27.1. The Kier molecular flexibility index (Phi) is 36.0. The molecule has 0 aliphatic carbocycles. The second-order valence-electron chi connectivity index (χ2n) is 15.2. The van der Waals surface area contributed by atoms with E-state index in [1.807, 2.05) is 0 Å². The molecule has 2 atom stereocenters. The summed E-state index contributed by atoms with van der Waals surface area (Å²) in [7, 11) is 5.38. The van der Waals surface area contributed by atoms with E-state index in [-0.39, 0.29) is 42.7 Å². The molecule has 0 spiro atoms. The number of rotatable bonds is 37. The molecule has 0 aromatic heterocycles. The van der Waals surface area contributed by atoms with Gasteiger partial charge in [-0.25, -0.2) is 0 Å². The molecule has 0 radical (unpaired) electrons. The maximum Gasteiger partial charge on any atom is 0.306 e. The summed E-state index contributed by atoms with van der Waals surface area (Å²) < 4.78 is 17.1. The Morgan fingerprint density at radius 2 is 0.946 bits per heavy atom. The highest BCUT2D eigenvalue weighted by molar-refractivity contribution is 5.70. The largest absolute Gasteiger partial charge is 0.544 e. The molecule has 0 bridgehead atoms. The molecule has 0 saturated carbocycles. The maximum absolute atomic E-state index is 12.7. The molecular formula is C48H79NO7. The van der Waals surface area contributed by atoms with Crippen LogP contribution in [0.2, 0.25) is 0 Å². The number of carboxylic acids is 1. The van der Waals surface area contributed by atoms with Crippen LogP contribution < -0.4 is 5.11 Å². The minimum atomic E-state index is -1.14. The molecule has 318 valence electrons. The summed E-state index contributed by atoms with van der Waals surface area (Å²) in [5.41, 5.74) is 0. The van der Waals surface area contributed by atoms with Crippen LogP contribution in [0.4, 0.5) is 0 Å². The summed E-state index contributed by atoms with van der Waals surface area (Å²) in [6.07, 6.45) is 48.9. The predicted molar refractivity (Wildman–Crippen MR) is 231 cm³/mol. The quantitative estimate of drug-likeness (QED) is 0.0268. The van der Waals surface area contributed by atoms with Crippen LogP contribution in [0.15, 0.2) is 85.1 Å². The molecule has 0 aromatic carbocycles. The fraction of sp³-hybridized carbons (Fsp3) is 0.646. The highest BCUT2D eigenvalue weighted by atomic mass is 16.6. The van der Waals surface area contributed by atoms with E-state index in [4.69, 9.17) is 14.2 Å². The van der Waals surface area contributed by atoms with Gasteiger partial charge in [-0.1, -0.05) is 131 Å². The van der Waals surface area contributed by atoms with Gasteiger partial charge in [0.2, 0.25) is 0 Å². The van der Waals surface area contributed by atoms with Gasteiger partial charge in [-0.15, -0.1) is 0 Å². The number of hydrogen-bond donors (Lipinski definition) is 0. The summed E-state index contributed by atoms with van der Waals surface area (Å²) in [6.45, 7) is 4.37. The van der Waals surface area contributed by atoms with Gasteiger partial charge < -0.3 is 28.6 Å². The van der Waals surface area contributed by atoms with Crippen LogP contribution in [0.3, 0.4) is 0 Å². The first kappa shape index (κ1) is 52.5. The summed E-state index contributed by atoms with van der Waals surface area (Å²) in [6, 6.07) is -0.736. The Morgan fingerprint density at radius 3 is 1.39 bits per heavy atom. The lowest BCUT2D eigenvalue weighted by atomic mass is 10.1. The standard InChI is InChI=1S/C48H79NO7/c1-6-8-10-12-14-16-18-20-21-22-23-24-25-26-27-29-30-32-34-36-38-46(50)55-43-44(42-54-41-40-45(48(52)53)49(3,4)5)56-47(51)39-37-35-33-31-28-19-17-15-13-11-9-7-2/h8-11,14-17,20-21,23-24,26-27,44-45H,6-7,12-13,18-19,22,25,28-43H2,1-5H3/b10-8+,11-9+,16-14+,17-15+,21-20+,24-23+,27-26+. The van der Waals surface area contributed by atoms with Crippen molar-refractivity contribution >= 4 is 17.9 Å². The third-order valence-corrected chi connectivity index (χ3v) is 9.03. The van der Waals surface area contributed by atoms with E-state index in [0.717, 1.165) is 116 Å². The molecule has 0 aliphatic rings. The van der Waals surface area contributed by atoms with Gasteiger partial charge in [-0.3, -0.25) is 9.59 Å². The number of hydrogen-bond acceptors (Lipinski definition) is 7. The van der Waals surface area contributed by atoms with Crippen LogP contribution in [0.1, 0.15) is 149 Å². The first-order valence-electron chi connectivity index (χ1n) is 21.6. The van der Waals surface area contributed by atoms with Gasteiger partial charge in [0, 0.05) is 19.3 Å². The monoisotopic (exact) mass is 782 g/mol. The van der Waals surface area contributed by atoms with Crippen molar-refractivity contribution in [2.45, 2.75) is 161 Å². The number of carbonyl (C=O) groups excluding carboxylic acids is 3. The molecular weight excluding hydrogens is 703 g/mol. The van der Waals surface area contributed by atoms with E-state index in [1.165, 1.54) is 0 Å². The number of unbranched alkanes of at least 4 members (excludes halogenated alkanes) is 9. The molecule has 8 nitrogen and oxygen atoms in total. The van der Waals surface area contributed by atoms with Gasteiger partial charge in [-0.05, 0) is 83.5 Å². The van der Waals surface area contributed by atoms with E-state index in [1.54, 1.807) is 21.1 Å². The van der Waals surface area contributed by atoms with Crippen molar-refractivity contribution in [3.05, 3.63) is 85.1 Å². The number of esters is 2. The smallest absolute Gasteiger partial charge is 0.306 e. The normalized spacial score (nSPS) is 13.8. The molecule has 0 fully saturated rings. The minimum Gasteiger partial charge on any atom is -0.544 e. The van der Waals surface area contributed by atoms with Gasteiger partial charge >= 0.3 is 11.9 Å². The number of nitrogens with zero attached hydrogens (tertiary/aromatic N) is 1. The van der Waals surface area contributed by atoms with Crippen LogP contribution >= 0.6 is 0 Å². The Hall–Kier alpha value is -3.49. The average molecular weight is 782 g/mol. The molecule has 0 aliphatic heterocycles. The zero-order valence-electron chi connectivity index (χ0n) is 36.0. The van der Waals surface area contributed by atoms with Crippen LogP contribution in [-0.2, 0) is 28.6 Å². The molecule has 0 heterocycles. The highest BCUT2D eigenvalue weighted by Crippen LogP contribution is 2.12. The van der Waals surface area contributed by atoms with Crippen molar-refractivity contribution in [2.24, 2.45) is 0 Å². The Morgan fingerprint density at radius 1 is 0.536 bits per heavy atom. The topological polar surface area (TPSA) is 102 Å². The number of carboxylic acid groups (broad SMARTS) is 1. The Labute approximate surface area is 342 Å². The fourth-order valence-corrected chi connectivity index (χ4v) is 5.72. The number of allylic oxidation sites excluding steroid dienone is 14. The third kappa shape index (κ3) is 36.2. The van der Waals surface area contributed by atoms with Gasteiger partial charge in [-0.2, -0.15) is 0 Å². The average Bonchev–Trinajstić information content (AvgIpc) is 3.15. The molecule has 2 unspecified atom stereocenters. The van der Waals surface area contributed by atoms with Gasteiger partial charge in [0.1, 0.15) is 12.6 Å². The van der Waals surface area contributed by atoms with Gasteiger partial charge in [0.25, 0.3) is 0 Å². The highest BCUT2D eigenvalue weighted by Gasteiger charge is 2.25. The Balaban J connectivity index is 4.40. The number of quaternary nitrogens is 1. The second-order valence-corrected chi connectivity index (χ2v) is 15.2. The second kappa shape index (κ2) is 38.4. The van der Waals surface area contributed by atoms with Gasteiger partial charge in [0.05, 0.1) is 40.3 Å². The summed E-state index contributed by atoms with van der Waals surface area (Å²) in [4.78, 5) is 36.8. The van der Waals surface area contributed by atoms with E-state index in [2.05, 4.69) is 98.9 Å². The number of carbonyl (C=O) groups is 3. The zero-order chi connectivity index (χ0) is 41.4. The lowest BCUT2D eigenvalue weighted by molar-refractivity contribution is -0.889. The van der Waals surface area contributed by atoms with Crippen molar-refractivity contribution in [1.29, 1.82) is 0 Å². The summed E-state index contributed by atoms with van der Waals surface area (Å²) in [5.74, 6) is -1.80. The molecule has 0 saturated heterocycles. The molecule has 56 heavy (non-hydrogen) atoms. The molecule has 0 amide bonds. The van der Waals surface area contributed by atoms with E-state index in [0.29, 0.717) is 12.8 Å². The van der Waals surface area contributed by atoms with Crippen molar-refractivity contribution in [1.82, 2.24) is 0 Å². The van der Waals surface area contributed by atoms with Crippen molar-refractivity contribution in [2.75, 3.05) is 41.0 Å². The molecule has 0 rings (SSSR count). The molecule has 8 heteroatoms. The molecule has 0 N–H and O–H groups in total. The molecule has 0 aromatic rings. The lowest BCUT2D eigenvalue weighted by Gasteiger charge is -2.34. The SMILES string of the molecule is CC/C=C/C/C=C/C/C=C/C/C=C/C/C=C/CCCCCCC(=O)OCC(COCCC(C(=O)[O-])[N+](C)(C)C)OC(=O)CCCCCCC/C=C/C/C=C/CC. The maximum atomic E-state index is 12.7. The van der Waals surface area contributed by atoms with Gasteiger partial charge in [0.15, 0.2) is 6.10 Å². The lowest BCUT2D eigenvalue weighted by Crippen LogP contribution is -2.55. The van der Waals surface area contributed by atoms with E-state index >= 15 is 0 Å². The summed E-state index contributed by atoms with van der Waals surface area (Å²) >= 11 is 0. The summed E-state index contributed by atoms with van der Waals surface area (Å²) in [5, 5.41) is 11.6. The first-order valence-corrected chi connectivity index (χ1v) is 21.6. The Bertz CT molecular complexity index is 1190. The van der Waals surface area contributed by atoms with Crippen LogP contribution in [0, 0.1) is 0 Å². The third-order valence-electron chi connectivity index (χ3n) is 9.03. The van der Waals surface area contributed by atoms with Crippen molar-refractivity contribution < 1.29 is 38.2 Å². The predicted octanol–water partition coefficient (Wildman–Crippen LogP) is 10.4. The number of aliphatic carboxylic acids is 1. The minimum absolute atomic E-state index is 0.0213. The van der Waals surface area contributed by atoms with Crippen LogP contribution in [0.25, 0.3) is 0 Å². The fourth-order valence-electron chi connectivity index (χ4n) is 5.72. The van der Waals surface area contributed by atoms with E-state index in [9.17, 15) is 19.5 Å². The number of likely N-dealkylation sites (N-methyl/N-ethyl adjacent to an activating group) is 1. The van der Waals surface area contributed by atoms with Crippen LogP contribution in [-0.4, -0.2) is 75.5 Å². The van der Waals surface area contributed by atoms with Crippen molar-refractivity contribution in [3.63, 3.8) is 0 Å². The van der Waals surface area contributed by atoms with E-state index < -0.39 is 18.1 Å². The van der Waals surface area contributed by atoms with Crippen LogP contribution in [0.5, 0.6) is 0 Å².